The average molecular weight is 383 g/mol. The fourth-order valence-corrected chi connectivity index (χ4v) is 3.32. The molecular weight excluding hydrogens is 358 g/mol. The number of nitrogens with one attached hydrogen (secondary N) is 2. The number of amides is 2. The predicted molar refractivity (Wildman–Crippen MR) is 106 cm³/mol. The van der Waals surface area contributed by atoms with Crippen LogP contribution in [0.3, 0.4) is 0 Å². The minimum absolute atomic E-state index is 0.0881. The number of aromatic amines is 1. The Morgan fingerprint density at radius 3 is 2.54 bits per heavy atom. The summed E-state index contributed by atoms with van der Waals surface area (Å²) in [7, 11) is 0. The number of rotatable bonds is 2. The fourth-order valence-electron chi connectivity index (χ4n) is 3.32. The predicted octanol–water partition coefficient (Wildman–Crippen LogP) is 3.49. The van der Waals surface area contributed by atoms with Crippen LogP contribution in [-0.4, -0.2) is 27.5 Å². The number of H-pyrrole nitrogens is 1. The van der Waals surface area contributed by atoms with Crippen molar-refractivity contribution >= 4 is 17.7 Å². The molecule has 0 atom stereocenters. The van der Waals surface area contributed by atoms with Crippen molar-refractivity contribution in [1.82, 2.24) is 9.88 Å². The molecule has 7 nitrogen and oxygen atoms in total. The molecule has 0 radical (unpaired) electrons. The molecule has 3 rings (SSSR count). The van der Waals surface area contributed by atoms with Gasteiger partial charge in [-0.1, -0.05) is 12.1 Å². The second-order valence-electron chi connectivity index (χ2n) is 8.07. The average Bonchev–Trinajstić information content (AvgIpc) is 2.97. The molecule has 0 bridgehead atoms. The largest absolute Gasteiger partial charge is 0.444 e. The van der Waals surface area contributed by atoms with Crippen LogP contribution >= 0.6 is 0 Å². The molecule has 148 valence electrons. The Bertz CT molecular complexity index is 1000. The van der Waals surface area contributed by atoms with Crippen LogP contribution in [0.4, 0.5) is 10.5 Å². The molecule has 0 saturated carbocycles. The fraction of sp³-hybridized carbons (Fsp3) is 0.381. The summed E-state index contributed by atoms with van der Waals surface area (Å²) in [5.41, 5.74) is 2.79. The van der Waals surface area contributed by atoms with Gasteiger partial charge in [-0.2, -0.15) is 0 Å². The number of benzene rings is 1. The van der Waals surface area contributed by atoms with Gasteiger partial charge in [-0.05, 0) is 57.9 Å². The Labute approximate surface area is 163 Å². The number of ether oxygens (including phenoxy) is 1. The highest BCUT2D eigenvalue weighted by Crippen LogP contribution is 2.30. The van der Waals surface area contributed by atoms with Gasteiger partial charge in [-0.15, -0.1) is 0 Å². The van der Waals surface area contributed by atoms with Crippen molar-refractivity contribution < 1.29 is 14.3 Å². The molecule has 0 spiro atoms. The van der Waals surface area contributed by atoms with E-state index in [4.69, 9.17) is 4.74 Å². The van der Waals surface area contributed by atoms with Crippen LogP contribution in [0, 0.1) is 13.8 Å². The van der Waals surface area contributed by atoms with Crippen molar-refractivity contribution in [3.63, 3.8) is 0 Å². The highest BCUT2D eigenvalue weighted by molar-refractivity contribution is 6.05. The number of nitrogens with zero attached hydrogens (tertiary/aromatic N) is 1. The summed E-state index contributed by atoms with van der Waals surface area (Å²) in [4.78, 5) is 41.6. The summed E-state index contributed by atoms with van der Waals surface area (Å²) in [5, 5.41) is 2.83. The molecule has 1 aliphatic rings. The number of anilines is 1. The van der Waals surface area contributed by atoms with Crippen molar-refractivity contribution in [2.75, 3.05) is 5.32 Å². The summed E-state index contributed by atoms with van der Waals surface area (Å²) in [6.07, 6.45) is -0.396. The topological polar surface area (TPSA) is 91.5 Å². The van der Waals surface area contributed by atoms with E-state index in [1.54, 1.807) is 30.9 Å². The number of carbonyl (C=O) groups excluding carboxylic acids is 2. The van der Waals surface area contributed by atoms with E-state index in [2.05, 4.69) is 10.3 Å². The van der Waals surface area contributed by atoms with E-state index in [0.29, 0.717) is 30.0 Å². The van der Waals surface area contributed by atoms with Crippen LogP contribution in [0.25, 0.3) is 0 Å². The maximum Gasteiger partial charge on any atom is 0.410 e. The van der Waals surface area contributed by atoms with Crippen LogP contribution < -0.4 is 10.9 Å². The maximum absolute atomic E-state index is 12.7. The van der Waals surface area contributed by atoms with E-state index in [-0.39, 0.29) is 5.56 Å². The van der Waals surface area contributed by atoms with Crippen molar-refractivity contribution in [3.8, 4) is 0 Å². The zero-order valence-electron chi connectivity index (χ0n) is 16.8. The Balaban J connectivity index is 1.83. The first-order chi connectivity index (χ1) is 13.0. The third-order valence-corrected chi connectivity index (χ3v) is 4.48. The molecule has 0 aliphatic carbocycles. The molecule has 1 aliphatic heterocycles. The third kappa shape index (κ3) is 4.08. The van der Waals surface area contributed by atoms with Gasteiger partial charge in [-0.3, -0.25) is 14.5 Å². The molecule has 0 fully saturated rings. The summed E-state index contributed by atoms with van der Waals surface area (Å²) in [6, 6.07) is 7.27. The quantitative estimate of drug-likeness (QED) is 0.830. The molecule has 2 amide bonds. The van der Waals surface area contributed by atoms with Gasteiger partial charge in [0.05, 0.1) is 6.54 Å². The standard InChI is InChI=1S/C21H25N3O4/c1-12-9-13(2)22-18(25)17(12)19(26)23-16-8-6-7-14-10-24(11-15(14)16)20(27)28-21(3,4)5/h6-9H,10-11H2,1-5H3,(H,22,25)(H,23,26). The molecule has 7 heteroatoms. The number of hydrogen-bond donors (Lipinski definition) is 2. The van der Waals surface area contributed by atoms with Crippen LogP contribution in [0.5, 0.6) is 0 Å². The highest BCUT2D eigenvalue weighted by atomic mass is 16.6. The van der Waals surface area contributed by atoms with Gasteiger partial charge in [0.2, 0.25) is 0 Å². The van der Waals surface area contributed by atoms with E-state index >= 15 is 0 Å². The molecule has 2 heterocycles. The number of aromatic nitrogens is 1. The van der Waals surface area contributed by atoms with Crippen molar-refractivity contribution in [2.45, 2.75) is 53.3 Å². The van der Waals surface area contributed by atoms with Crippen molar-refractivity contribution in [1.29, 1.82) is 0 Å². The van der Waals surface area contributed by atoms with Gasteiger partial charge in [0.25, 0.3) is 11.5 Å². The summed E-state index contributed by atoms with van der Waals surface area (Å²) in [5.74, 6) is -0.470. The first-order valence-electron chi connectivity index (χ1n) is 9.16. The molecule has 1 aromatic carbocycles. The van der Waals surface area contributed by atoms with Crippen LogP contribution in [-0.2, 0) is 17.8 Å². The first-order valence-corrected chi connectivity index (χ1v) is 9.16. The van der Waals surface area contributed by atoms with Crippen molar-refractivity contribution in [3.05, 3.63) is 62.6 Å². The third-order valence-electron chi connectivity index (χ3n) is 4.48. The molecular formula is C21H25N3O4. The van der Waals surface area contributed by atoms with Gasteiger partial charge < -0.3 is 15.0 Å². The summed E-state index contributed by atoms with van der Waals surface area (Å²) >= 11 is 0. The Morgan fingerprint density at radius 2 is 1.89 bits per heavy atom. The van der Waals surface area contributed by atoms with E-state index < -0.39 is 23.2 Å². The SMILES string of the molecule is Cc1cc(C)c(C(=O)Nc2cccc3c2CN(C(=O)OC(C)(C)C)C3)c(=O)[nH]1. The van der Waals surface area contributed by atoms with Crippen LogP contribution in [0.15, 0.2) is 29.1 Å². The highest BCUT2D eigenvalue weighted by Gasteiger charge is 2.29. The molecule has 2 N–H and O–H groups in total. The monoisotopic (exact) mass is 383 g/mol. The molecule has 28 heavy (non-hydrogen) atoms. The summed E-state index contributed by atoms with van der Waals surface area (Å²) < 4.78 is 5.44. The van der Waals surface area contributed by atoms with Gasteiger partial charge in [0.1, 0.15) is 11.2 Å². The molecule has 2 aromatic rings. The lowest BCUT2D eigenvalue weighted by atomic mass is 10.1. The van der Waals surface area contributed by atoms with Gasteiger partial charge in [-0.25, -0.2) is 4.79 Å². The van der Waals surface area contributed by atoms with E-state index in [0.717, 1.165) is 11.1 Å². The number of pyridine rings is 1. The lowest BCUT2D eigenvalue weighted by Gasteiger charge is -2.24. The number of carbonyl (C=O) groups is 2. The van der Waals surface area contributed by atoms with E-state index in [9.17, 15) is 14.4 Å². The number of aryl methyl sites for hydroxylation is 2. The minimum atomic E-state index is -0.576. The van der Waals surface area contributed by atoms with E-state index in [1.807, 2.05) is 32.9 Å². The van der Waals surface area contributed by atoms with Crippen LogP contribution in [0.2, 0.25) is 0 Å². The smallest absolute Gasteiger partial charge is 0.410 e. The molecule has 0 saturated heterocycles. The summed E-state index contributed by atoms with van der Waals surface area (Å²) in [6.45, 7) is 9.72. The second kappa shape index (κ2) is 7.14. The molecule has 1 aromatic heterocycles. The minimum Gasteiger partial charge on any atom is -0.444 e. The zero-order valence-corrected chi connectivity index (χ0v) is 16.8. The maximum atomic E-state index is 12.7. The first kappa shape index (κ1) is 19.7. The van der Waals surface area contributed by atoms with Gasteiger partial charge >= 0.3 is 6.09 Å². The molecule has 0 unspecified atom stereocenters. The zero-order chi connectivity index (χ0) is 20.6. The number of fused-ring (bicyclic) bond motifs is 1. The van der Waals surface area contributed by atoms with E-state index in [1.165, 1.54) is 0 Å². The van der Waals surface area contributed by atoms with Crippen molar-refractivity contribution in [2.24, 2.45) is 0 Å². The number of hydrogen-bond acceptors (Lipinski definition) is 4. The Kier molecular flexibility index (Phi) is 5.02. The van der Waals surface area contributed by atoms with Gasteiger partial charge in [0, 0.05) is 23.5 Å². The Morgan fingerprint density at radius 1 is 1.18 bits per heavy atom. The lowest BCUT2D eigenvalue weighted by molar-refractivity contribution is 0.0242. The second-order valence-corrected chi connectivity index (χ2v) is 8.07. The van der Waals surface area contributed by atoms with Gasteiger partial charge in [0.15, 0.2) is 0 Å². The normalized spacial score (nSPS) is 13.2. The Hall–Kier alpha value is -3.09. The van der Waals surface area contributed by atoms with Crippen LogP contribution in [0.1, 0.15) is 53.5 Å². The lowest BCUT2D eigenvalue weighted by Crippen LogP contribution is -2.33.